The number of carbonyl (C=O) groups excluding carboxylic acids is 1. The lowest BCUT2D eigenvalue weighted by Crippen LogP contribution is -2.41. The van der Waals surface area contributed by atoms with Crippen molar-refractivity contribution in [1.29, 1.82) is 0 Å². The summed E-state index contributed by atoms with van der Waals surface area (Å²) in [5.74, 6) is -0.641. The van der Waals surface area contributed by atoms with Gasteiger partial charge < -0.3 is 10.5 Å². The Labute approximate surface area is 109 Å². The summed E-state index contributed by atoms with van der Waals surface area (Å²) in [6, 6.07) is 8.86. The summed E-state index contributed by atoms with van der Waals surface area (Å²) in [4.78, 5) is 11.9. The summed E-state index contributed by atoms with van der Waals surface area (Å²) in [6.07, 6.45) is 1.68. The van der Waals surface area contributed by atoms with Gasteiger partial charge in [0, 0.05) is 5.92 Å². The maximum absolute atomic E-state index is 11.9. The molecule has 18 heavy (non-hydrogen) atoms. The molecule has 0 aromatic heterocycles. The molecule has 0 bridgehead atoms. The Hall–Kier alpha value is -1.61. The molecule has 0 fully saturated rings. The number of carbonyl (C=O) groups is 1. The maximum Gasteiger partial charge on any atom is 0.324 e. The van der Waals surface area contributed by atoms with Crippen LogP contribution in [0.4, 0.5) is 0 Å². The fourth-order valence-corrected chi connectivity index (χ4v) is 1.68. The summed E-state index contributed by atoms with van der Waals surface area (Å²) in [6.45, 7) is 9.22. The van der Waals surface area contributed by atoms with Gasteiger partial charge in [-0.3, -0.25) is 4.79 Å². The van der Waals surface area contributed by atoms with E-state index < -0.39 is 17.6 Å². The van der Waals surface area contributed by atoms with E-state index in [1.54, 1.807) is 6.08 Å². The van der Waals surface area contributed by atoms with Crippen molar-refractivity contribution in [2.75, 3.05) is 0 Å². The lowest BCUT2D eigenvalue weighted by Gasteiger charge is -2.25. The molecule has 0 aliphatic carbocycles. The van der Waals surface area contributed by atoms with Crippen molar-refractivity contribution in [2.24, 2.45) is 5.73 Å². The summed E-state index contributed by atoms with van der Waals surface area (Å²) in [7, 11) is 0. The molecule has 3 nitrogen and oxygen atoms in total. The van der Waals surface area contributed by atoms with Gasteiger partial charge in [0.1, 0.15) is 11.6 Å². The van der Waals surface area contributed by atoms with Gasteiger partial charge in [-0.05, 0) is 26.3 Å². The second-order valence-corrected chi connectivity index (χ2v) is 5.23. The van der Waals surface area contributed by atoms with Crippen LogP contribution in [0.3, 0.4) is 0 Å². The van der Waals surface area contributed by atoms with Crippen LogP contribution in [0, 0.1) is 0 Å². The Bertz CT molecular complexity index is 406. The van der Waals surface area contributed by atoms with Crippen molar-refractivity contribution in [3.8, 4) is 0 Å². The van der Waals surface area contributed by atoms with E-state index >= 15 is 0 Å². The minimum Gasteiger partial charge on any atom is -0.459 e. The van der Waals surface area contributed by atoms with E-state index in [-0.39, 0.29) is 5.92 Å². The highest BCUT2D eigenvalue weighted by Crippen LogP contribution is 2.21. The second-order valence-electron chi connectivity index (χ2n) is 5.23. The van der Waals surface area contributed by atoms with Crippen LogP contribution >= 0.6 is 0 Å². The first kappa shape index (κ1) is 14.5. The maximum atomic E-state index is 11.9. The normalized spacial score (nSPS) is 14.7. The largest absolute Gasteiger partial charge is 0.459 e. The first-order chi connectivity index (χ1) is 8.35. The molecule has 1 aromatic carbocycles. The van der Waals surface area contributed by atoms with Crippen molar-refractivity contribution < 1.29 is 9.53 Å². The zero-order chi connectivity index (χ0) is 13.8. The van der Waals surface area contributed by atoms with Crippen LogP contribution in [0.2, 0.25) is 0 Å². The van der Waals surface area contributed by atoms with Crippen LogP contribution in [-0.2, 0) is 9.53 Å². The summed E-state index contributed by atoms with van der Waals surface area (Å²) < 4.78 is 5.29. The molecule has 98 valence electrons. The first-order valence-corrected chi connectivity index (χ1v) is 6.01. The zero-order valence-electron chi connectivity index (χ0n) is 11.2. The van der Waals surface area contributed by atoms with E-state index in [2.05, 4.69) is 6.58 Å². The Balaban J connectivity index is 2.84. The van der Waals surface area contributed by atoms with Crippen molar-refractivity contribution in [3.05, 3.63) is 48.6 Å². The Morgan fingerprint density at radius 2 is 1.89 bits per heavy atom. The minimum atomic E-state index is -0.732. The average molecular weight is 247 g/mol. The third-order valence-electron chi connectivity index (χ3n) is 2.50. The number of nitrogens with two attached hydrogens (primary N) is 1. The molecular formula is C15H21NO2. The van der Waals surface area contributed by atoms with Crippen molar-refractivity contribution in [1.82, 2.24) is 0 Å². The molecule has 3 heteroatoms. The topological polar surface area (TPSA) is 52.3 Å². The van der Waals surface area contributed by atoms with Gasteiger partial charge in [-0.15, -0.1) is 6.58 Å². The third-order valence-corrected chi connectivity index (χ3v) is 2.50. The average Bonchev–Trinajstić information content (AvgIpc) is 2.29. The number of benzene rings is 1. The number of esters is 1. The number of rotatable bonds is 4. The van der Waals surface area contributed by atoms with Gasteiger partial charge in [0.25, 0.3) is 0 Å². The molecule has 0 saturated carbocycles. The second kappa shape index (κ2) is 5.83. The molecule has 0 aliphatic rings. The van der Waals surface area contributed by atoms with Crippen LogP contribution in [0.25, 0.3) is 0 Å². The van der Waals surface area contributed by atoms with Gasteiger partial charge in [-0.2, -0.15) is 0 Å². The highest BCUT2D eigenvalue weighted by molar-refractivity contribution is 5.77. The Morgan fingerprint density at radius 3 is 2.33 bits per heavy atom. The predicted molar refractivity (Wildman–Crippen MR) is 73.2 cm³/mol. The number of hydrogen-bond donors (Lipinski definition) is 1. The predicted octanol–water partition coefficient (Wildman–Crippen LogP) is 2.63. The van der Waals surface area contributed by atoms with E-state index in [1.807, 2.05) is 51.1 Å². The molecule has 0 radical (unpaired) electrons. The van der Waals surface area contributed by atoms with E-state index in [1.165, 1.54) is 0 Å². The summed E-state index contributed by atoms with van der Waals surface area (Å²) in [5.41, 5.74) is 6.40. The van der Waals surface area contributed by atoms with Crippen LogP contribution < -0.4 is 5.73 Å². The minimum absolute atomic E-state index is 0.235. The monoisotopic (exact) mass is 247 g/mol. The fraction of sp³-hybridized carbons (Fsp3) is 0.400. The van der Waals surface area contributed by atoms with Crippen LogP contribution in [0.1, 0.15) is 32.3 Å². The zero-order valence-corrected chi connectivity index (χ0v) is 11.2. The van der Waals surface area contributed by atoms with Crippen molar-refractivity contribution in [2.45, 2.75) is 38.3 Å². The highest BCUT2D eigenvalue weighted by atomic mass is 16.6. The quantitative estimate of drug-likeness (QED) is 0.657. The first-order valence-electron chi connectivity index (χ1n) is 6.01. The van der Waals surface area contributed by atoms with Gasteiger partial charge in [-0.1, -0.05) is 36.4 Å². The van der Waals surface area contributed by atoms with Crippen LogP contribution in [-0.4, -0.2) is 17.6 Å². The standard InChI is InChI=1S/C15H21NO2/c1-5-12(11-9-7-6-8-10-11)13(16)14(17)18-15(2,3)4/h5-10,12-13H,1,16H2,2-4H3. The molecule has 2 N–H and O–H groups in total. The molecule has 1 rings (SSSR count). The molecular weight excluding hydrogens is 226 g/mol. The Kier molecular flexibility index (Phi) is 4.68. The van der Waals surface area contributed by atoms with E-state index in [0.717, 1.165) is 5.56 Å². The van der Waals surface area contributed by atoms with Gasteiger partial charge in [0.05, 0.1) is 0 Å². The smallest absolute Gasteiger partial charge is 0.324 e. The Morgan fingerprint density at radius 1 is 1.33 bits per heavy atom. The van der Waals surface area contributed by atoms with Crippen molar-refractivity contribution >= 4 is 5.97 Å². The summed E-state index contributed by atoms with van der Waals surface area (Å²) >= 11 is 0. The third kappa shape index (κ3) is 4.00. The van der Waals surface area contributed by atoms with E-state index in [4.69, 9.17) is 10.5 Å². The summed E-state index contributed by atoms with van der Waals surface area (Å²) in [5, 5.41) is 0. The molecule has 0 aliphatic heterocycles. The molecule has 0 saturated heterocycles. The number of ether oxygens (including phenoxy) is 1. The SMILES string of the molecule is C=CC(c1ccccc1)C(N)C(=O)OC(C)(C)C. The molecule has 1 aromatic rings. The molecule has 2 atom stereocenters. The highest BCUT2D eigenvalue weighted by Gasteiger charge is 2.28. The molecule has 0 amide bonds. The van der Waals surface area contributed by atoms with E-state index in [0.29, 0.717) is 0 Å². The van der Waals surface area contributed by atoms with Gasteiger partial charge >= 0.3 is 5.97 Å². The van der Waals surface area contributed by atoms with Crippen molar-refractivity contribution in [3.63, 3.8) is 0 Å². The lowest BCUT2D eigenvalue weighted by molar-refractivity contribution is -0.156. The lowest BCUT2D eigenvalue weighted by atomic mass is 9.92. The van der Waals surface area contributed by atoms with Gasteiger partial charge in [0.15, 0.2) is 0 Å². The van der Waals surface area contributed by atoms with E-state index in [9.17, 15) is 4.79 Å². The van der Waals surface area contributed by atoms with Gasteiger partial charge in [-0.25, -0.2) is 0 Å². The van der Waals surface area contributed by atoms with Crippen LogP contribution in [0.5, 0.6) is 0 Å². The molecule has 0 heterocycles. The van der Waals surface area contributed by atoms with Crippen LogP contribution in [0.15, 0.2) is 43.0 Å². The number of hydrogen-bond acceptors (Lipinski definition) is 3. The fourth-order valence-electron chi connectivity index (χ4n) is 1.68. The molecule has 2 unspecified atom stereocenters. The van der Waals surface area contributed by atoms with Gasteiger partial charge in [0.2, 0.25) is 0 Å². The molecule has 0 spiro atoms.